The normalized spacial score (nSPS) is 10.3. The molecule has 0 aliphatic rings. The van der Waals surface area contributed by atoms with E-state index in [1.54, 1.807) is 19.5 Å². The number of nitrogen functional groups attached to an aromatic ring is 1. The highest BCUT2D eigenvalue weighted by molar-refractivity contribution is 5.63. The van der Waals surface area contributed by atoms with Crippen LogP contribution in [0.5, 0.6) is 17.5 Å². The molecule has 2 heterocycles. The van der Waals surface area contributed by atoms with E-state index in [9.17, 15) is 0 Å². The number of rotatable bonds is 4. The molecule has 0 radical (unpaired) electrons. The first-order chi connectivity index (χ1) is 11.2. The van der Waals surface area contributed by atoms with E-state index in [0.29, 0.717) is 23.2 Å². The van der Waals surface area contributed by atoms with Gasteiger partial charge in [0, 0.05) is 23.9 Å². The topological polar surface area (TPSA) is 70.3 Å². The van der Waals surface area contributed by atoms with E-state index in [1.807, 2.05) is 49.4 Å². The van der Waals surface area contributed by atoms with E-state index in [1.165, 1.54) is 0 Å². The third kappa shape index (κ3) is 3.40. The SMILES string of the molecule is COc1ccc(-c2ccc(Oc3cc(C)c(N)cn3)cc2)cn1. The van der Waals surface area contributed by atoms with Crippen molar-refractivity contribution in [3.8, 4) is 28.6 Å². The van der Waals surface area contributed by atoms with Crippen molar-refractivity contribution in [3.05, 3.63) is 60.4 Å². The fourth-order valence-electron chi connectivity index (χ4n) is 2.10. The first-order valence-electron chi connectivity index (χ1n) is 7.16. The molecule has 116 valence electrons. The zero-order valence-corrected chi connectivity index (χ0v) is 13.0. The van der Waals surface area contributed by atoms with Crippen molar-refractivity contribution in [3.63, 3.8) is 0 Å². The molecule has 0 bridgehead atoms. The number of nitrogens with two attached hydrogens (primary N) is 1. The summed E-state index contributed by atoms with van der Waals surface area (Å²) >= 11 is 0. The molecule has 3 aromatic rings. The highest BCUT2D eigenvalue weighted by Crippen LogP contribution is 2.26. The Labute approximate surface area is 134 Å². The van der Waals surface area contributed by atoms with Crippen LogP contribution >= 0.6 is 0 Å². The molecule has 0 aliphatic carbocycles. The van der Waals surface area contributed by atoms with E-state index in [4.69, 9.17) is 15.2 Å². The van der Waals surface area contributed by atoms with Crippen LogP contribution in [-0.4, -0.2) is 17.1 Å². The fourth-order valence-corrected chi connectivity index (χ4v) is 2.10. The van der Waals surface area contributed by atoms with Crippen LogP contribution in [0.3, 0.4) is 0 Å². The molecule has 0 amide bonds. The minimum atomic E-state index is 0.524. The molecule has 5 heteroatoms. The van der Waals surface area contributed by atoms with Crippen molar-refractivity contribution in [1.82, 2.24) is 9.97 Å². The minimum absolute atomic E-state index is 0.524. The van der Waals surface area contributed by atoms with Crippen LogP contribution in [0.4, 0.5) is 5.69 Å². The maximum absolute atomic E-state index is 5.75. The van der Waals surface area contributed by atoms with Gasteiger partial charge in [-0.25, -0.2) is 9.97 Å². The number of hydrogen-bond acceptors (Lipinski definition) is 5. The summed E-state index contributed by atoms with van der Waals surface area (Å²) in [6.45, 7) is 1.92. The predicted molar refractivity (Wildman–Crippen MR) is 89.7 cm³/mol. The predicted octanol–water partition coefficient (Wildman–Crippen LogP) is 3.84. The third-order valence-electron chi connectivity index (χ3n) is 3.48. The first kappa shape index (κ1) is 14.8. The Morgan fingerprint density at radius 3 is 2.17 bits per heavy atom. The molecule has 1 aromatic carbocycles. The fraction of sp³-hybridized carbons (Fsp3) is 0.111. The number of nitrogens with zero attached hydrogens (tertiary/aromatic N) is 2. The lowest BCUT2D eigenvalue weighted by atomic mass is 10.1. The number of aromatic nitrogens is 2. The third-order valence-corrected chi connectivity index (χ3v) is 3.48. The van der Waals surface area contributed by atoms with Crippen LogP contribution in [0, 0.1) is 6.92 Å². The van der Waals surface area contributed by atoms with E-state index in [2.05, 4.69) is 9.97 Å². The van der Waals surface area contributed by atoms with E-state index in [-0.39, 0.29) is 0 Å². The van der Waals surface area contributed by atoms with E-state index < -0.39 is 0 Å². The number of anilines is 1. The lowest BCUT2D eigenvalue weighted by Gasteiger charge is -2.08. The summed E-state index contributed by atoms with van der Waals surface area (Å²) in [4.78, 5) is 8.37. The molecule has 0 atom stereocenters. The van der Waals surface area contributed by atoms with Crippen molar-refractivity contribution < 1.29 is 9.47 Å². The van der Waals surface area contributed by atoms with Gasteiger partial charge in [0.05, 0.1) is 19.0 Å². The molecule has 0 saturated heterocycles. The van der Waals surface area contributed by atoms with Gasteiger partial charge in [-0.3, -0.25) is 0 Å². The Kier molecular flexibility index (Phi) is 4.10. The highest BCUT2D eigenvalue weighted by atomic mass is 16.5. The molecule has 0 unspecified atom stereocenters. The Morgan fingerprint density at radius 1 is 0.870 bits per heavy atom. The molecule has 0 spiro atoms. The van der Waals surface area contributed by atoms with Crippen molar-refractivity contribution in [2.24, 2.45) is 0 Å². The van der Waals surface area contributed by atoms with Crippen LogP contribution in [0.1, 0.15) is 5.56 Å². The quantitative estimate of drug-likeness (QED) is 0.793. The summed E-state index contributed by atoms with van der Waals surface area (Å²) in [7, 11) is 1.60. The molecule has 0 aliphatic heterocycles. The standard InChI is InChI=1S/C18H17N3O2/c1-12-9-18(21-11-16(12)19)23-15-6-3-13(4-7-15)14-5-8-17(22-2)20-10-14/h3-11H,19H2,1-2H3. The van der Waals surface area contributed by atoms with Crippen molar-refractivity contribution in [1.29, 1.82) is 0 Å². The summed E-state index contributed by atoms with van der Waals surface area (Å²) in [6.07, 6.45) is 3.38. The second kappa shape index (κ2) is 6.36. The molecule has 0 saturated carbocycles. The van der Waals surface area contributed by atoms with Gasteiger partial charge in [0.2, 0.25) is 11.8 Å². The smallest absolute Gasteiger partial charge is 0.219 e. The van der Waals surface area contributed by atoms with Gasteiger partial charge in [-0.1, -0.05) is 12.1 Å². The van der Waals surface area contributed by atoms with E-state index >= 15 is 0 Å². The summed E-state index contributed by atoms with van der Waals surface area (Å²) in [5.41, 5.74) is 9.41. The van der Waals surface area contributed by atoms with Gasteiger partial charge in [0.1, 0.15) is 5.75 Å². The number of pyridine rings is 2. The van der Waals surface area contributed by atoms with Crippen LogP contribution < -0.4 is 15.2 Å². The maximum Gasteiger partial charge on any atom is 0.219 e. The number of benzene rings is 1. The van der Waals surface area contributed by atoms with Crippen molar-refractivity contribution in [2.45, 2.75) is 6.92 Å². The molecule has 2 aromatic heterocycles. The second-order valence-corrected chi connectivity index (χ2v) is 5.09. The molecule has 5 nitrogen and oxygen atoms in total. The molecule has 0 fully saturated rings. The lowest BCUT2D eigenvalue weighted by Crippen LogP contribution is -1.94. The lowest BCUT2D eigenvalue weighted by molar-refractivity contribution is 0.398. The van der Waals surface area contributed by atoms with Crippen LogP contribution in [0.2, 0.25) is 0 Å². The summed E-state index contributed by atoms with van der Waals surface area (Å²) in [5, 5.41) is 0. The summed E-state index contributed by atoms with van der Waals surface area (Å²) in [6, 6.07) is 13.4. The minimum Gasteiger partial charge on any atom is -0.481 e. The van der Waals surface area contributed by atoms with Gasteiger partial charge in [-0.2, -0.15) is 0 Å². The van der Waals surface area contributed by atoms with E-state index in [0.717, 1.165) is 16.7 Å². The molecular formula is C18H17N3O2. The zero-order chi connectivity index (χ0) is 16.2. The van der Waals surface area contributed by atoms with Crippen LogP contribution in [0.25, 0.3) is 11.1 Å². The first-order valence-corrected chi connectivity index (χ1v) is 7.16. The van der Waals surface area contributed by atoms with Gasteiger partial charge in [0.15, 0.2) is 0 Å². The van der Waals surface area contributed by atoms with Gasteiger partial charge in [0.25, 0.3) is 0 Å². The van der Waals surface area contributed by atoms with Gasteiger partial charge >= 0.3 is 0 Å². The Hall–Kier alpha value is -3.08. The monoisotopic (exact) mass is 307 g/mol. The van der Waals surface area contributed by atoms with Gasteiger partial charge in [-0.05, 0) is 36.2 Å². The van der Waals surface area contributed by atoms with Crippen molar-refractivity contribution in [2.75, 3.05) is 12.8 Å². The van der Waals surface area contributed by atoms with Crippen LogP contribution in [-0.2, 0) is 0 Å². The Balaban J connectivity index is 1.77. The van der Waals surface area contributed by atoms with Crippen LogP contribution in [0.15, 0.2) is 54.9 Å². The highest BCUT2D eigenvalue weighted by Gasteiger charge is 2.03. The average molecular weight is 307 g/mol. The second-order valence-electron chi connectivity index (χ2n) is 5.09. The number of aryl methyl sites for hydroxylation is 1. The Morgan fingerprint density at radius 2 is 1.57 bits per heavy atom. The summed E-state index contributed by atoms with van der Waals surface area (Å²) < 4.78 is 10.8. The zero-order valence-electron chi connectivity index (χ0n) is 13.0. The molecule has 23 heavy (non-hydrogen) atoms. The molecule has 2 N–H and O–H groups in total. The maximum atomic E-state index is 5.75. The number of ether oxygens (including phenoxy) is 2. The molecular weight excluding hydrogens is 290 g/mol. The number of hydrogen-bond donors (Lipinski definition) is 1. The average Bonchev–Trinajstić information content (AvgIpc) is 2.59. The number of methoxy groups -OCH3 is 1. The van der Waals surface area contributed by atoms with Crippen molar-refractivity contribution >= 4 is 5.69 Å². The molecule has 3 rings (SSSR count). The summed E-state index contributed by atoms with van der Waals surface area (Å²) in [5.74, 6) is 1.83. The largest absolute Gasteiger partial charge is 0.481 e. The Bertz CT molecular complexity index is 800. The van der Waals surface area contributed by atoms with Gasteiger partial charge < -0.3 is 15.2 Å². The van der Waals surface area contributed by atoms with Gasteiger partial charge in [-0.15, -0.1) is 0 Å².